The number of hydrogen-bond acceptors (Lipinski definition) is 5. The Morgan fingerprint density at radius 1 is 0.931 bits per heavy atom. The van der Waals surface area contributed by atoms with Crippen LogP contribution in [0, 0.1) is 0 Å². The summed E-state index contributed by atoms with van der Waals surface area (Å²) in [7, 11) is 0. The summed E-state index contributed by atoms with van der Waals surface area (Å²) >= 11 is 0. The second-order valence-corrected chi connectivity index (χ2v) is 6.90. The van der Waals surface area contributed by atoms with Crippen molar-refractivity contribution in [1.82, 2.24) is 4.90 Å². The Kier molecular flexibility index (Phi) is 7.36. The fourth-order valence-electron chi connectivity index (χ4n) is 3.52. The van der Waals surface area contributed by atoms with Crippen LogP contribution in [0.15, 0.2) is 36.4 Å². The quantitative estimate of drug-likeness (QED) is 0.695. The maximum absolute atomic E-state index is 12.7. The summed E-state index contributed by atoms with van der Waals surface area (Å²) in [6.45, 7) is 9.49. The highest BCUT2D eigenvalue weighted by Gasteiger charge is 2.20. The van der Waals surface area contributed by atoms with Crippen LogP contribution in [0.2, 0.25) is 0 Å². The van der Waals surface area contributed by atoms with E-state index in [9.17, 15) is 4.79 Å². The SMILES string of the molecule is CCOc1ccc2c(c1)CN(CC(=O)Nc1cc(OCC)ccc1OCC)CC2. The van der Waals surface area contributed by atoms with E-state index in [1.165, 1.54) is 11.1 Å². The summed E-state index contributed by atoms with van der Waals surface area (Å²) in [4.78, 5) is 14.9. The summed E-state index contributed by atoms with van der Waals surface area (Å²) < 4.78 is 16.8. The van der Waals surface area contributed by atoms with Gasteiger partial charge in [-0.2, -0.15) is 0 Å². The Balaban J connectivity index is 1.65. The lowest BCUT2D eigenvalue weighted by molar-refractivity contribution is -0.117. The Bertz CT molecular complexity index is 838. The fourth-order valence-corrected chi connectivity index (χ4v) is 3.52. The van der Waals surface area contributed by atoms with Crippen molar-refractivity contribution in [3.05, 3.63) is 47.5 Å². The lowest BCUT2D eigenvalue weighted by Gasteiger charge is -2.28. The first kappa shape index (κ1) is 21.0. The molecule has 0 radical (unpaired) electrons. The molecule has 29 heavy (non-hydrogen) atoms. The van der Waals surface area contributed by atoms with Gasteiger partial charge < -0.3 is 19.5 Å². The molecular formula is C23H30N2O4. The zero-order valence-electron chi connectivity index (χ0n) is 17.5. The van der Waals surface area contributed by atoms with E-state index in [4.69, 9.17) is 14.2 Å². The highest BCUT2D eigenvalue weighted by Crippen LogP contribution is 2.30. The Labute approximate surface area is 172 Å². The first-order chi connectivity index (χ1) is 14.1. The molecule has 0 saturated heterocycles. The third-order valence-corrected chi connectivity index (χ3v) is 4.78. The maximum Gasteiger partial charge on any atom is 0.238 e. The number of benzene rings is 2. The van der Waals surface area contributed by atoms with Crippen LogP contribution in [0.5, 0.6) is 17.2 Å². The molecular weight excluding hydrogens is 368 g/mol. The second kappa shape index (κ2) is 10.2. The average molecular weight is 399 g/mol. The van der Waals surface area contributed by atoms with Gasteiger partial charge in [-0.15, -0.1) is 0 Å². The minimum Gasteiger partial charge on any atom is -0.494 e. The molecule has 0 unspecified atom stereocenters. The predicted octanol–water partition coefficient (Wildman–Crippen LogP) is 3.88. The monoisotopic (exact) mass is 398 g/mol. The molecule has 0 saturated carbocycles. The van der Waals surface area contributed by atoms with Gasteiger partial charge in [0.2, 0.25) is 5.91 Å². The van der Waals surface area contributed by atoms with Gasteiger partial charge in [-0.05, 0) is 62.6 Å². The third-order valence-electron chi connectivity index (χ3n) is 4.78. The summed E-state index contributed by atoms with van der Waals surface area (Å²) in [6.07, 6.45) is 0.930. The lowest BCUT2D eigenvalue weighted by Crippen LogP contribution is -2.37. The van der Waals surface area contributed by atoms with Crippen molar-refractivity contribution < 1.29 is 19.0 Å². The number of carbonyl (C=O) groups is 1. The molecule has 0 aromatic heterocycles. The van der Waals surface area contributed by atoms with Crippen LogP contribution in [0.25, 0.3) is 0 Å². The third kappa shape index (κ3) is 5.64. The molecule has 6 heteroatoms. The van der Waals surface area contributed by atoms with Crippen molar-refractivity contribution in [3.63, 3.8) is 0 Å². The minimum atomic E-state index is -0.0657. The van der Waals surface area contributed by atoms with Crippen LogP contribution < -0.4 is 19.5 Å². The van der Waals surface area contributed by atoms with Crippen LogP contribution in [0.1, 0.15) is 31.9 Å². The topological polar surface area (TPSA) is 60.0 Å². The maximum atomic E-state index is 12.7. The van der Waals surface area contributed by atoms with Gasteiger partial charge in [-0.3, -0.25) is 9.69 Å². The van der Waals surface area contributed by atoms with Gasteiger partial charge in [-0.25, -0.2) is 0 Å². The highest BCUT2D eigenvalue weighted by atomic mass is 16.5. The molecule has 1 N–H and O–H groups in total. The molecule has 3 rings (SSSR count). The van der Waals surface area contributed by atoms with Crippen molar-refractivity contribution in [2.75, 3.05) is 38.2 Å². The molecule has 1 aliphatic heterocycles. The summed E-state index contributed by atoms with van der Waals surface area (Å²) in [6, 6.07) is 11.7. The normalized spacial score (nSPS) is 13.5. The number of amides is 1. The van der Waals surface area contributed by atoms with Crippen LogP contribution in [-0.2, 0) is 17.8 Å². The van der Waals surface area contributed by atoms with Gasteiger partial charge >= 0.3 is 0 Å². The lowest BCUT2D eigenvalue weighted by atomic mass is 9.99. The summed E-state index contributed by atoms with van der Waals surface area (Å²) in [5, 5.41) is 2.99. The molecule has 0 atom stereocenters. The molecule has 1 aliphatic rings. The summed E-state index contributed by atoms with van der Waals surface area (Å²) in [5.41, 5.74) is 3.19. The van der Waals surface area contributed by atoms with E-state index in [0.717, 1.165) is 25.3 Å². The predicted molar refractivity (Wildman–Crippen MR) is 114 cm³/mol. The first-order valence-electron chi connectivity index (χ1n) is 10.3. The van der Waals surface area contributed by atoms with Gasteiger partial charge in [0.1, 0.15) is 17.2 Å². The van der Waals surface area contributed by atoms with Crippen molar-refractivity contribution in [2.45, 2.75) is 33.7 Å². The van der Waals surface area contributed by atoms with Gasteiger partial charge in [0.25, 0.3) is 0 Å². The number of fused-ring (bicyclic) bond motifs is 1. The van der Waals surface area contributed by atoms with Crippen LogP contribution >= 0.6 is 0 Å². The standard InChI is InChI=1S/C23H30N2O4/c1-4-27-19-8-7-17-11-12-25(15-18(17)13-19)16-23(26)24-21-14-20(28-5-2)9-10-22(21)29-6-3/h7-10,13-14H,4-6,11-12,15-16H2,1-3H3,(H,24,26). The number of carbonyl (C=O) groups excluding carboxylic acids is 1. The van der Waals surface area contributed by atoms with Gasteiger partial charge in [0.05, 0.1) is 32.1 Å². The Hall–Kier alpha value is -2.73. The van der Waals surface area contributed by atoms with E-state index in [2.05, 4.69) is 22.3 Å². The molecule has 0 aliphatic carbocycles. The zero-order valence-corrected chi connectivity index (χ0v) is 17.5. The van der Waals surface area contributed by atoms with Gasteiger partial charge in [0.15, 0.2) is 0 Å². The van der Waals surface area contributed by atoms with Crippen LogP contribution in [-0.4, -0.2) is 43.7 Å². The molecule has 156 valence electrons. The summed E-state index contributed by atoms with van der Waals surface area (Å²) in [5.74, 6) is 2.17. The smallest absolute Gasteiger partial charge is 0.238 e. The highest BCUT2D eigenvalue weighted by molar-refractivity contribution is 5.94. The molecule has 0 spiro atoms. The van der Waals surface area contributed by atoms with Gasteiger partial charge in [0, 0.05) is 19.2 Å². The van der Waals surface area contributed by atoms with E-state index in [0.29, 0.717) is 43.6 Å². The van der Waals surface area contributed by atoms with E-state index < -0.39 is 0 Å². The number of rotatable bonds is 9. The van der Waals surface area contributed by atoms with Crippen molar-refractivity contribution >= 4 is 11.6 Å². The number of anilines is 1. The molecule has 0 fully saturated rings. The van der Waals surface area contributed by atoms with Crippen LogP contribution in [0.4, 0.5) is 5.69 Å². The number of nitrogens with zero attached hydrogens (tertiary/aromatic N) is 1. The number of ether oxygens (including phenoxy) is 3. The van der Waals surface area contributed by atoms with Crippen LogP contribution in [0.3, 0.4) is 0 Å². The van der Waals surface area contributed by atoms with Crippen molar-refractivity contribution in [1.29, 1.82) is 0 Å². The zero-order chi connectivity index (χ0) is 20.6. The van der Waals surface area contributed by atoms with E-state index in [1.54, 1.807) is 0 Å². The molecule has 2 aromatic carbocycles. The molecule has 0 bridgehead atoms. The Morgan fingerprint density at radius 2 is 1.62 bits per heavy atom. The number of nitrogens with one attached hydrogen (secondary N) is 1. The Morgan fingerprint density at radius 3 is 2.34 bits per heavy atom. The number of hydrogen-bond donors (Lipinski definition) is 1. The van der Waals surface area contributed by atoms with E-state index >= 15 is 0 Å². The molecule has 1 heterocycles. The average Bonchev–Trinajstić information content (AvgIpc) is 2.70. The van der Waals surface area contributed by atoms with Crippen molar-refractivity contribution in [3.8, 4) is 17.2 Å². The molecule has 6 nitrogen and oxygen atoms in total. The second-order valence-electron chi connectivity index (χ2n) is 6.90. The van der Waals surface area contributed by atoms with E-state index in [1.807, 2.05) is 45.0 Å². The first-order valence-corrected chi connectivity index (χ1v) is 10.3. The minimum absolute atomic E-state index is 0.0657. The van der Waals surface area contributed by atoms with Crippen molar-refractivity contribution in [2.24, 2.45) is 0 Å². The molecule has 2 aromatic rings. The largest absolute Gasteiger partial charge is 0.494 e. The fraction of sp³-hybridized carbons (Fsp3) is 0.435. The van der Waals surface area contributed by atoms with Gasteiger partial charge in [-0.1, -0.05) is 6.07 Å². The molecule has 1 amide bonds. The van der Waals surface area contributed by atoms with E-state index in [-0.39, 0.29) is 5.91 Å².